The van der Waals surface area contributed by atoms with E-state index in [0.717, 1.165) is 51.9 Å². The normalized spacial score (nSPS) is 29.1. The van der Waals surface area contributed by atoms with Crippen LogP contribution in [0.25, 0.3) is 0 Å². The number of hydrogen-bond donors (Lipinski definition) is 1. The van der Waals surface area contributed by atoms with Crippen LogP contribution in [-0.2, 0) is 11.3 Å². The van der Waals surface area contributed by atoms with E-state index in [-0.39, 0.29) is 0 Å². The second kappa shape index (κ2) is 8.61. The van der Waals surface area contributed by atoms with E-state index >= 15 is 0 Å². The molecule has 3 fully saturated rings. The molecule has 4 rings (SSSR count). The Hall–Kier alpha value is -1.59. The molecule has 3 heterocycles. The zero-order valence-electron chi connectivity index (χ0n) is 16.7. The van der Waals surface area contributed by atoms with Gasteiger partial charge in [-0.1, -0.05) is 30.3 Å². The van der Waals surface area contributed by atoms with Crippen LogP contribution in [0.15, 0.2) is 35.3 Å². The third kappa shape index (κ3) is 4.46. The predicted molar refractivity (Wildman–Crippen MR) is 110 cm³/mol. The molecule has 5 heteroatoms. The lowest BCUT2D eigenvalue weighted by Crippen LogP contribution is -2.42. The standard InChI is InChI=1S/C22H34N4O/c1-2-23-21(26-13-10-22(17-26)11-14-27-18-22)24-15-20-9-6-12-25(20)16-19-7-4-3-5-8-19/h3-5,7-8,20H,2,6,9-18H2,1H3,(H,23,24). The van der Waals surface area contributed by atoms with E-state index in [1.54, 1.807) is 0 Å². The summed E-state index contributed by atoms with van der Waals surface area (Å²) in [4.78, 5) is 10.1. The summed E-state index contributed by atoms with van der Waals surface area (Å²) in [5, 5.41) is 3.54. The van der Waals surface area contributed by atoms with E-state index in [2.05, 4.69) is 52.4 Å². The molecule has 3 aliphatic heterocycles. The van der Waals surface area contributed by atoms with Gasteiger partial charge in [-0.3, -0.25) is 9.89 Å². The molecule has 3 saturated heterocycles. The molecule has 1 aromatic carbocycles. The second-order valence-electron chi connectivity index (χ2n) is 8.42. The molecule has 5 nitrogen and oxygen atoms in total. The van der Waals surface area contributed by atoms with Crippen molar-refractivity contribution in [1.82, 2.24) is 15.1 Å². The highest BCUT2D eigenvalue weighted by molar-refractivity contribution is 5.80. The Bertz CT molecular complexity index is 626. The summed E-state index contributed by atoms with van der Waals surface area (Å²) in [5.74, 6) is 1.10. The lowest BCUT2D eigenvalue weighted by molar-refractivity contribution is 0.156. The van der Waals surface area contributed by atoms with Gasteiger partial charge in [0.25, 0.3) is 0 Å². The summed E-state index contributed by atoms with van der Waals surface area (Å²) >= 11 is 0. The zero-order chi connectivity index (χ0) is 18.5. The molecule has 2 unspecified atom stereocenters. The van der Waals surface area contributed by atoms with Crippen molar-refractivity contribution in [2.75, 3.05) is 45.9 Å². The lowest BCUT2D eigenvalue weighted by Gasteiger charge is -2.27. The minimum Gasteiger partial charge on any atom is -0.381 e. The van der Waals surface area contributed by atoms with Crippen LogP contribution in [0.3, 0.4) is 0 Å². The molecule has 1 aromatic rings. The highest BCUT2D eigenvalue weighted by Gasteiger charge is 2.42. The first-order valence-corrected chi connectivity index (χ1v) is 10.7. The molecule has 1 N–H and O–H groups in total. The maximum absolute atomic E-state index is 5.69. The number of nitrogens with zero attached hydrogens (tertiary/aromatic N) is 3. The Morgan fingerprint density at radius 2 is 2.15 bits per heavy atom. The van der Waals surface area contributed by atoms with Crippen LogP contribution in [0.1, 0.15) is 38.2 Å². The molecular weight excluding hydrogens is 336 g/mol. The molecule has 27 heavy (non-hydrogen) atoms. The average molecular weight is 371 g/mol. The van der Waals surface area contributed by atoms with Crippen molar-refractivity contribution in [2.24, 2.45) is 10.4 Å². The van der Waals surface area contributed by atoms with Gasteiger partial charge in [0.1, 0.15) is 0 Å². The summed E-state index contributed by atoms with van der Waals surface area (Å²) < 4.78 is 5.69. The highest BCUT2D eigenvalue weighted by Crippen LogP contribution is 2.38. The van der Waals surface area contributed by atoms with Gasteiger partial charge in [0.15, 0.2) is 5.96 Å². The lowest BCUT2D eigenvalue weighted by atomic mass is 9.87. The number of aliphatic imine (C=N–C) groups is 1. The van der Waals surface area contributed by atoms with Crippen LogP contribution in [0.5, 0.6) is 0 Å². The van der Waals surface area contributed by atoms with Gasteiger partial charge in [-0.2, -0.15) is 0 Å². The summed E-state index contributed by atoms with van der Waals surface area (Å²) in [6.07, 6.45) is 4.98. The topological polar surface area (TPSA) is 40.1 Å². The van der Waals surface area contributed by atoms with Crippen molar-refractivity contribution < 1.29 is 4.74 Å². The SMILES string of the molecule is CCNC(=NCC1CCCN1Cc1ccccc1)N1CCC2(CCOC2)C1. The molecule has 2 atom stereocenters. The van der Waals surface area contributed by atoms with Gasteiger partial charge in [0.05, 0.1) is 13.2 Å². The van der Waals surface area contributed by atoms with Gasteiger partial charge in [-0.05, 0) is 44.7 Å². The number of ether oxygens (including phenoxy) is 1. The average Bonchev–Trinajstić information content (AvgIpc) is 3.43. The van der Waals surface area contributed by atoms with Gasteiger partial charge < -0.3 is 15.0 Å². The number of benzene rings is 1. The summed E-state index contributed by atoms with van der Waals surface area (Å²) in [5.41, 5.74) is 1.78. The van der Waals surface area contributed by atoms with Gasteiger partial charge in [0.2, 0.25) is 0 Å². The summed E-state index contributed by atoms with van der Waals surface area (Å²) in [6, 6.07) is 11.4. The first-order chi connectivity index (χ1) is 13.3. The molecule has 3 aliphatic rings. The van der Waals surface area contributed by atoms with E-state index < -0.39 is 0 Å². The van der Waals surface area contributed by atoms with E-state index in [9.17, 15) is 0 Å². The monoisotopic (exact) mass is 370 g/mol. The maximum atomic E-state index is 5.69. The molecule has 148 valence electrons. The quantitative estimate of drug-likeness (QED) is 0.639. The van der Waals surface area contributed by atoms with Crippen molar-refractivity contribution in [3.63, 3.8) is 0 Å². The van der Waals surface area contributed by atoms with Crippen molar-refractivity contribution in [1.29, 1.82) is 0 Å². The highest BCUT2D eigenvalue weighted by atomic mass is 16.5. The van der Waals surface area contributed by atoms with Crippen molar-refractivity contribution in [3.05, 3.63) is 35.9 Å². The minimum atomic E-state index is 0.378. The number of nitrogens with one attached hydrogen (secondary N) is 1. The van der Waals surface area contributed by atoms with Gasteiger partial charge in [0, 0.05) is 44.2 Å². The second-order valence-corrected chi connectivity index (χ2v) is 8.42. The number of guanidine groups is 1. The maximum Gasteiger partial charge on any atom is 0.193 e. The Balaban J connectivity index is 1.38. The molecule has 1 spiro atoms. The Kier molecular flexibility index (Phi) is 5.98. The van der Waals surface area contributed by atoms with Crippen molar-refractivity contribution >= 4 is 5.96 Å². The Morgan fingerprint density at radius 3 is 2.93 bits per heavy atom. The van der Waals surface area contributed by atoms with Crippen LogP contribution >= 0.6 is 0 Å². The van der Waals surface area contributed by atoms with Crippen LogP contribution in [0, 0.1) is 5.41 Å². The molecule has 0 amide bonds. The molecule has 0 radical (unpaired) electrons. The van der Waals surface area contributed by atoms with Gasteiger partial charge in [-0.25, -0.2) is 0 Å². The molecule has 0 aliphatic carbocycles. The molecular formula is C22H34N4O. The molecule has 0 bridgehead atoms. The van der Waals surface area contributed by atoms with Gasteiger partial charge >= 0.3 is 0 Å². The zero-order valence-corrected chi connectivity index (χ0v) is 16.7. The Morgan fingerprint density at radius 1 is 1.26 bits per heavy atom. The Labute approximate surface area is 163 Å². The number of hydrogen-bond acceptors (Lipinski definition) is 3. The number of likely N-dealkylation sites (tertiary alicyclic amines) is 2. The van der Waals surface area contributed by atoms with E-state index in [1.807, 2.05) is 0 Å². The van der Waals surface area contributed by atoms with Gasteiger partial charge in [-0.15, -0.1) is 0 Å². The fourth-order valence-corrected chi connectivity index (χ4v) is 4.83. The van der Waals surface area contributed by atoms with E-state index in [0.29, 0.717) is 11.5 Å². The summed E-state index contributed by atoms with van der Waals surface area (Å²) in [6.45, 7) is 10.3. The first-order valence-electron chi connectivity index (χ1n) is 10.7. The molecule has 0 saturated carbocycles. The third-order valence-corrected chi connectivity index (χ3v) is 6.44. The smallest absolute Gasteiger partial charge is 0.193 e. The molecule has 0 aromatic heterocycles. The fraction of sp³-hybridized carbons (Fsp3) is 0.682. The largest absolute Gasteiger partial charge is 0.381 e. The van der Waals surface area contributed by atoms with Crippen LogP contribution in [-0.4, -0.2) is 67.7 Å². The van der Waals surface area contributed by atoms with E-state index in [4.69, 9.17) is 9.73 Å². The van der Waals surface area contributed by atoms with Crippen LogP contribution in [0.4, 0.5) is 0 Å². The fourth-order valence-electron chi connectivity index (χ4n) is 4.83. The van der Waals surface area contributed by atoms with Crippen LogP contribution in [0.2, 0.25) is 0 Å². The van der Waals surface area contributed by atoms with E-state index in [1.165, 1.54) is 37.8 Å². The third-order valence-electron chi connectivity index (χ3n) is 6.44. The number of rotatable bonds is 5. The summed E-state index contributed by atoms with van der Waals surface area (Å²) in [7, 11) is 0. The van der Waals surface area contributed by atoms with Crippen molar-refractivity contribution in [3.8, 4) is 0 Å². The minimum absolute atomic E-state index is 0.378. The predicted octanol–water partition coefficient (Wildman–Crippen LogP) is 2.73. The first kappa shape index (κ1) is 18.8. The van der Waals surface area contributed by atoms with Crippen LogP contribution < -0.4 is 5.32 Å². The van der Waals surface area contributed by atoms with Crippen molar-refractivity contribution in [2.45, 2.75) is 45.2 Å².